The van der Waals surface area contributed by atoms with Crippen molar-refractivity contribution in [3.05, 3.63) is 0 Å². The number of rotatable bonds is 3. The summed E-state index contributed by atoms with van der Waals surface area (Å²) in [7, 11) is 2.16. The predicted octanol–water partition coefficient (Wildman–Crippen LogP) is 1.62. The first-order valence-corrected chi connectivity index (χ1v) is 5.54. The molecule has 0 radical (unpaired) electrons. The van der Waals surface area contributed by atoms with Crippen molar-refractivity contribution in [3.8, 4) is 0 Å². The van der Waals surface area contributed by atoms with Gasteiger partial charge in [-0.05, 0) is 26.8 Å². The molecule has 1 heterocycles. The molecule has 0 N–H and O–H groups in total. The van der Waals surface area contributed by atoms with Crippen molar-refractivity contribution in [1.29, 1.82) is 0 Å². The first-order chi connectivity index (χ1) is 6.54. The van der Waals surface area contributed by atoms with Gasteiger partial charge in [0.05, 0.1) is 6.67 Å². The average Bonchev–Trinajstić information content (AvgIpc) is 2.10. The Bertz CT molecular complexity index is 163. The maximum atomic E-state index is 12.4. The van der Waals surface area contributed by atoms with E-state index in [0.29, 0.717) is 12.1 Å². The molecule has 1 aliphatic heterocycles. The van der Waals surface area contributed by atoms with Gasteiger partial charge in [0.1, 0.15) is 0 Å². The van der Waals surface area contributed by atoms with Crippen LogP contribution in [0.25, 0.3) is 0 Å². The minimum Gasteiger partial charge on any atom is -0.303 e. The lowest BCUT2D eigenvalue weighted by atomic mass is 10.1. The molecule has 0 amide bonds. The third-order valence-electron chi connectivity index (χ3n) is 3.07. The summed E-state index contributed by atoms with van der Waals surface area (Å²) in [6.45, 7) is 9.34. The van der Waals surface area contributed by atoms with Gasteiger partial charge in [-0.15, -0.1) is 0 Å². The van der Waals surface area contributed by atoms with Crippen molar-refractivity contribution in [3.63, 3.8) is 0 Å². The molecule has 0 spiro atoms. The monoisotopic (exact) mass is 202 g/mol. The molecule has 1 rings (SSSR count). The zero-order valence-electron chi connectivity index (χ0n) is 9.83. The van der Waals surface area contributed by atoms with Crippen LogP contribution in [0.1, 0.15) is 20.8 Å². The van der Waals surface area contributed by atoms with Crippen LogP contribution in [0, 0.1) is 5.92 Å². The molecule has 0 aromatic rings. The number of piperazine rings is 1. The van der Waals surface area contributed by atoms with Crippen LogP contribution in [0.4, 0.5) is 4.39 Å². The Kier molecular flexibility index (Phi) is 4.32. The van der Waals surface area contributed by atoms with Gasteiger partial charge in [0, 0.05) is 31.7 Å². The fraction of sp³-hybridized carbons (Fsp3) is 1.00. The van der Waals surface area contributed by atoms with E-state index in [9.17, 15) is 4.39 Å². The highest BCUT2D eigenvalue weighted by molar-refractivity contribution is 4.84. The number of hydrogen-bond acceptors (Lipinski definition) is 2. The van der Waals surface area contributed by atoms with Gasteiger partial charge in [0.2, 0.25) is 0 Å². The van der Waals surface area contributed by atoms with Crippen LogP contribution in [-0.2, 0) is 0 Å². The van der Waals surface area contributed by atoms with E-state index in [1.807, 2.05) is 6.92 Å². The Morgan fingerprint density at radius 2 is 1.79 bits per heavy atom. The summed E-state index contributed by atoms with van der Waals surface area (Å²) in [5.74, 6) is 0.170. The number of likely N-dealkylation sites (N-methyl/N-ethyl adjacent to an activating group) is 1. The van der Waals surface area contributed by atoms with E-state index in [4.69, 9.17) is 0 Å². The summed E-state index contributed by atoms with van der Waals surface area (Å²) in [6, 6.07) is 1.11. The molecular formula is C11H23FN2. The average molecular weight is 202 g/mol. The fourth-order valence-electron chi connectivity index (χ4n) is 2.39. The van der Waals surface area contributed by atoms with Gasteiger partial charge in [0.15, 0.2) is 0 Å². The minimum atomic E-state index is -0.203. The highest BCUT2D eigenvalue weighted by Gasteiger charge is 2.28. The van der Waals surface area contributed by atoms with Crippen LogP contribution in [0.5, 0.6) is 0 Å². The van der Waals surface area contributed by atoms with Gasteiger partial charge >= 0.3 is 0 Å². The zero-order chi connectivity index (χ0) is 10.7. The minimum absolute atomic E-state index is 0.170. The van der Waals surface area contributed by atoms with E-state index in [1.165, 1.54) is 0 Å². The normalized spacial score (nSPS) is 33.2. The Balaban J connectivity index is 2.49. The third kappa shape index (κ3) is 2.92. The Hall–Kier alpha value is -0.150. The Labute approximate surface area is 87.1 Å². The second-order valence-electron chi connectivity index (χ2n) is 4.88. The molecule has 84 valence electrons. The van der Waals surface area contributed by atoms with Gasteiger partial charge in [0.25, 0.3) is 0 Å². The smallest absolute Gasteiger partial charge is 0.0932 e. The van der Waals surface area contributed by atoms with Gasteiger partial charge in [-0.25, -0.2) is 0 Å². The largest absolute Gasteiger partial charge is 0.303 e. The molecule has 0 bridgehead atoms. The highest BCUT2D eigenvalue weighted by Crippen LogP contribution is 2.16. The lowest BCUT2D eigenvalue weighted by Gasteiger charge is -2.44. The van der Waals surface area contributed by atoms with E-state index >= 15 is 0 Å². The van der Waals surface area contributed by atoms with Crippen molar-refractivity contribution >= 4 is 0 Å². The van der Waals surface area contributed by atoms with Crippen LogP contribution >= 0.6 is 0 Å². The lowest BCUT2D eigenvalue weighted by molar-refractivity contribution is 0.0384. The second-order valence-corrected chi connectivity index (χ2v) is 4.88. The Morgan fingerprint density at radius 1 is 1.29 bits per heavy atom. The van der Waals surface area contributed by atoms with E-state index in [-0.39, 0.29) is 12.6 Å². The molecule has 0 aromatic carbocycles. The standard InChI is InChI=1S/C11H23FN2/c1-9(5-12)6-14-10(2)7-13(4)8-11(14)3/h9-11H,5-8H2,1-4H3. The number of halogens is 1. The van der Waals surface area contributed by atoms with Crippen LogP contribution in [0.15, 0.2) is 0 Å². The predicted molar refractivity (Wildman–Crippen MR) is 58.3 cm³/mol. The van der Waals surface area contributed by atoms with Crippen LogP contribution in [0.2, 0.25) is 0 Å². The zero-order valence-corrected chi connectivity index (χ0v) is 9.83. The van der Waals surface area contributed by atoms with E-state index < -0.39 is 0 Å². The van der Waals surface area contributed by atoms with Gasteiger partial charge in [-0.1, -0.05) is 6.92 Å². The summed E-state index contributed by atoms with van der Waals surface area (Å²) in [4.78, 5) is 4.79. The number of alkyl halides is 1. The van der Waals surface area contributed by atoms with Crippen LogP contribution < -0.4 is 0 Å². The third-order valence-corrected chi connectivity index (χ3v) is 3.07. The first-order valence-electron chi connectivity index (χ1n) is 5.54. The molecule has 3 atom stereocenters. The maximum Gasteiger partial charge on any atom is 0.0932 e. The summed E-state index contributed by atoms with van der Waals surface area (Å²) >= 11 is 0. The van der Waals surface area contributed by atoms with Crippen LogP contribution in [-0.4, -0.2) is 55.2 Å². The van der Waals surface area contributed by atoms with Crippen molar-refractivity contribution in [2.75, 3.05) is 33.4 Å². The second kappa shape index (κ2) is 5.08. The molecule has 1 saturated heterocycles. The van der Waals surface area contributed by atoms with Gasteiger partial charge < -0.3 is 4.90 Å². The number of hydrogen-bond donors (Lipinski definition) is 0. The SMILES string of the molecule is CC(CF)CN1C(C)CN(C)CC1C. The van der Waals surface area contributed by atoms with Crippen molar-refractivity contribution in [2.24, 2.45) is 5.92 Å². The van der Waals surface area contributed by atoms with E-state index in [2.05, 4.69) is 30.7 Å². The summed E-state index contributed by atoms with van der Waals surface area (Å²) in [5.41, 5.74) is 0. The number of nitrogens with zero attached hydrogens (tertiary/aromatic N) is 2. The fourth-order valence-corrected chi connectivity index (χ4v) is 2.39. The molecule has 0 aliphatic carbocycles. The van der Waals surface area contributed by atoms with Gasteiger partial charge in [-0.3, -0.25) is 9.29 Å². The summed E-state index contributed by atoms with van der Waals surface area (Å²) in [6.07, 6.45) is 0. The van der Waals surface area contributed by atoms with Crippen LogP contribution in [0.3, 0.4) is 0 Å². The topological polar surface area (TPSA) is 6.48 Å². The first kappa shape index (κ1) is 11.9. The molecule has 0 saturated carbocycles. The summed E-state index contributed by atoms with van der Waals surface area (Å²) < 4.78 is 12.4. The van der Waals surface area contributed by atoms with Crippen molar-refractivity contribution in [1.82, 2.24) is 9.80 Å². The highest BCUT2D eigenvalue weighted by atomic mass is 19.1. The van der Waals surface area contributed by atoms with Crippen molar-refractivity contribution in [2.45, 2.75) is 32.9 Å². The maximum absolute atomic E-state index is 12.4. The van der Waals surface area contributed by atoms with Crippen molar-refractivity contribution < 1.29 is 4.39 Å². The molecule has 1 aliphatic rings. The van der Waals surface area contributed by atoms with E-state index in [1.54, 1.807) is 0 Å². The van der Waals surface area contributed by atoms with Gasteiger partial charge in [-0.2, -0.15) is 0 Å². The lowest BCUT2D eigenvalue weighted by Crippen LogP contribution is -2.56. The summed E-state index contributed by atoms with van der Waals surface area (Å²) in [5, 5.41) is 0. The molecule has 3 unspecified atom stereocenters. The Morgan fingerprint density at radius 3 is 2.21 bits per heavy atom. The molecular weight excluding hydrogens is 179 g/mol. The van der Waals surface area contributed by atoms with E-state index in [0.717, 1.165) is 19.6 Å². The quantitative estimate of drug-likeness (QED) is 0.686. The molecule has 2 nitrogen and oxygen atoms in total. The molecule has 0 aromatic heterocycles. The molecule has 14 heavy (non-hydrogen) atoms. The molecule has 1 fully saturated rings. The molecule has 3 heteroatoms.